The van der Waals surface area contributed by atoms with Gasteiger partial charge in [-0.05, 0) is 43.7 Å². The number of nitrogens with one attached hydrogen (secondary N) is 1. The minimum atomic E-state index is -4.36. The van der Waals surface area contributed by atoms with Gasteiger partial charge in [0.15, 0.2) is 6.04 Å². The third kappa shape index (κ3) is 4.27. The van der Waals surface area contributed by atoms with Crippen molar-refractivity contribution in [2.75, 3.05) is 18.4 Å². The highest BCUT2D eigenvalue weighted by Crippen LogP contribution is 2.42. The van der Waals surface area contributed by atoms with Crippen LogP contribution in [0, 0.1) is 12.8 Å². The van der Waals surface area contributed by atoms with Crippen molar-refractivity contribution < 1.29 is 18.0 Å². The molecule has 1 saturated heterocycles. The summed E-state index contributed by atoms with van der Waals surface area (Å²) in [6.07, 6.45) is 0.436. The van der Waals surface area contributed by atoms with Crippen molar-refractivity contribution in [2.45, 2.75) is 64.2 Å². The maximum absolute atomic E-state index is 13.8. The molecule has 0 radical (unpaired) electrons. The quantitative estimate of drug-likeness (QED) is 0.768. The lowest BCUT2D eigenvalue weighted by molar-refractivity contribution is -0.174. The molecule has 2 aliphatic rings. The van der Waals surface area contributed by atoms with Crippen LogP contribution < -0.4 is 5.32 Å². The lowest BCUT2D eigenvalue weighted by Gasteiger charge is -2.35. The number of pyridine rings is 1. The Balaban J connectivity index is 1.58. The van der Waals surface area contributed by atoms with Crippen LogP contribution in [0.15, 0.2) is 24.5 Å². The molecule has 3 unspecified atom stereocenters. The van der Waals surface area contributed by atoms with Gasteiger partial charge in [-0.2, -0.15) is 18.3 Å². The fourth-order valence-corrected chi connectivity index (χ4v) is 4.55. The van der Waals surface area contributed by atoms with Crippen molar-refractivity contribution in [1.29, 1.82) is 0 Å². The molecule has 3 atom stereocenters. The lowest BCUT2D eigenvalue weighted by Crippen LogP contribution is -2.41. The zero-order chi connectivity index (χ0) is 22.3. The van der Waals surface area contributed by atoms with Crippen LogP contribution in [0.4, 0.5) is 19.0 Å². The predicted molar refractivity (Wildman–Crippen MR) is 111 cm³/mol. The number of carbonyl (C=O) groups is 1. The monoisotopic (exact) mass is 435 g/mol. The van der Waals surface area contributed by atoms with E-state index in [1.54, 1.807) is 29.4 Å². The fourth-order valence-electron chi connectivity index (χ4n) is 4.55. The molecule has 4 heterocycles. The molecule has 1 fully saturated rings. The van der Waals surface area contributed by atoms with Crippen LogP contribution in [0.3, 0.4) is 0 Å². The van der Waals surface area contributed by atoms with Gasteiger partial charge in [0.1, 0.15) is 5.82 Å². The van der Waals surface area contributed by atoms with Crippen LogP contribution in [0.25, 0.3) is 0 Å². The van der Waals surface area contributed by atoms with Crippen molar-refractivity contribution in [2.24, 2.45) is 5.92 Å². The second-order valence-corrected chi connectivity index (χ2v) is 8.97. The molecule has 0 spiro atoms. The van der Waals surface area contributed by atoms with Crippen molar-refractivity contribution in [3.63, 3.8) is 0 Å². The Labute approximate surface area is 179 Å². The van der Waals surface area contributed by atoms with Gasteiger partial charge in [0, 0.05) is 49.1 Å². The molecule has 6 nitrogen and oxygen atoms in total. The van der Waals surface area contributed by atoms with Crippen LogP contribution >= 0.6 is 0 Å². The number of alkyl halides is 3. The van der Waals surface area contributed by atoms with Crippen LogP contribution in [0.5, 0.6) is 0 Å². The van der Waals surface area contributed by atoms with E-state index in [9.17, 15) is 18.0 Å². The van der Waals surface area contributed by atoms with Gasteiger partial charge in [-0.3, -0.25) is 9.78 Å². The average Bonchev–Trinajstić information content (AvgIpc) is 3.16. The van der Waals surface area contributed by atoms with E-state index >= 15 is 0 Å². The molecule has 1 N–H and O–H groups in total. The van der Waals surface area contributed by atoms with Gasteiger partial charge in [-0.1, -0.05) is 13.8 Å². The number of piperidine rings is 1. The van der Waals surface area contributed by atoms with Gasteiger partial charge in [0.05, 0.1) is 5.69 Å². The first-order chi connectivity index (χ1) is 14.6. The molecule has 31 heavy (non-hydrogen) atoms. The molecule has 2 aliphatic heterocycles. The van der Waals surface area contributed by atoms with E-state index in [1.165, 1.54) is 0 Å². The van der Waals surface area contributed by atoms with Gasteiger partial charge in [0.25, 0.3) is 5.91 Å². The molecular formula is C22H28F3N5O. The molecule has 168 valence electrons. The van der Waals surface area contributed by atoms with Gasteiger partial charge in [-0.15, -0.1) is 0 Å². The molecule has 2 aromatic rings. The van der Waals surface area contributed by atoms with Crippen LogP contribution in [-0.2, 0) is 0 Å². The number of aryl methyl sites for hydroxylation is 1. The van der Waals surface area contributed by atoms with Crippen LogP contribution in [0.2, 0.25) is 0 Å². The molecule has 4 rings (SSSR count). The summed E-state index contributed by atoms with van der Waals surface area (Å²) in [4.78, 5) is 18.8. The SMILES string of the molecule is Cc1cnccc1C(=O)N1CCCC(c2cc3n(n2)C(C(F)(F)F)CC(C(C)C)N3)C1. The summed E-state index contributed by atoms with van der Waals surface area (Å²) in [5, 5.41) is 7.62. The number of aromatic nitrogens is 3. The van der Waals surface area contributed by atoms with Gasteiger partial charge < -0.3 is 10.2 Å². The summed E-state index contributed by atoms with van der Waals surface area (Å²) in [6, 6.07) is 1.55. The molecule has 0 aromatic carbocycles. The normalized spacial score (nSPS) is 24.1. The number of amides is 1. The van der Waals surface area contributed by atoms with Gasteiger partial charge >= 0.3 is 6.18 Å². The minimum Gasteiger partial charge on any atom is -0.367 e. The van der Waals surface area contributed by atoms with Crippen molar-refractivity contribution >= 4 is 11.7 Å². The van der Waals surface area contributed by atoms with E-state index < -0.39 is 12.2 Å². The number of rotatable bonds is 3. The van der Waals surface area contributed by atoms with E-state index in [1.807, 2.05) is 20.8 Å². The standard InChI is InChI=1S/C22H28F3N5O/c1-13(2)17-9-19(22(23,24)25)30-20(27-17)10-18(28-30)15-5-4-8-29(12-15)21(31)16-6-7-26-11-14(16)3/h6-7,10-11,13,15,17,19,27H,4-5,8-9,12H2,1-3H3. The number of fused-ring (bicyclic) bond motifs is 1. The predicted octanol–water partition coefficient (Wildman–Crippen LogP) is 4.55. The minimum absolute atomic E-state index is 0.0358. The largest absolute Gasteiger partial charge is 0.410 e. The van der Waals surface area contributed by atoms with E-state index in [-0.39, 0.29) is 30.2 Å². The Hall–Kier alpha value is -2.58. The Kier molecular flexibility index (Phi) is 5.70. The third-order valence-corrected chi connectivity index (χ3v) is 6.42. The number of halogens is 3. The molecule has 0 saturated carbocycles. The first kappa shape index (κ1) is 21.6. The van der Waals surface area contributed by atoms with Gasteiger partial charge in [0.2, 0.25) is 0 Å². The molecule has 0 bridgehead atoms. The first-order valence-corrected chi connectivity index (χ1v) is 10.8. The highest BCUT2D eigenvalue weighted by atomic mass is 19.4. The average molecular weight is 435 g/mol. The summed E-state index contributed by atoms with van der Waals surface area (Å²) in [5.41, 5.74) is 2.03. The zero-order valence-electron chi connectivity index (χ0n) is 18.0. The molecular weight excluding hydrogens is 407 g/mol. The fraction of sp³-hybridized carbons (Fsp3) is 0.591. The van der Waals surface area contributed by atoms with E-state index in [2.05, 4.69) is 15.4 Å². The van der Waals surface area contributed by atoms with Crippen molar-refractivity contribution in [3.8, 4) is 0 Å². The first-order valence-electron chi connectivity index (χ1n) is 10.8. The lowest BCUT2D eigenvalue weighted by atomic mass is 9.93. The highest BCUT2D eigenvalue weighted by molar-refractivity contribution is 5.95. The molecule has 9 heteroatoms. The Morgan fingerprint density at radius 1 is 1.32 bits per heavy atom. The smallest absolute Gasteiger partial charge is 0.367 e. The van der Waals surface area contributed by atoms with E-state index in [0.29, 0.717) is 30.2 Å². The summed E-state index contributed by atoms with van der Waals surface area (Å²) < 4.78 is 42.4. The van der Waals surface area contributed by atoms with E-state index in [0.717, 1.165) is 23.1 Å². The Bertz CT molecular complexity index is 955. The van der Waals surface area contributed by atoms with Crippen LogP contribution in [-0.4, -0.2) is 50.9 Å². The maximum atomic E-state index is 13.8. The molecule has 2 aromatic heterocycles. The number of carbonyl (C=O) groups excluding carboxylic acids is 1. The second-order valence-electron chi connectivity index (χ2n) is 8.97. The number of nitrogens with zero attached hydrogens (tertiary/aromatic N) is 4. The number of hydrogen-bond acceptors (Lipinski definition) is 4. The van der Waals surface area contributed by atoms with Crippen molar-refractivity contribution in [1.82, 2.24) is 19.7 Å². The number of anilines is 1. The van der Waals surface area contributed by atoms with Gasteiger partial charge in [-0.25, -0.2) is 4.68 Å². The third-order valence-electron chi connectivity index (χ3n) is 6.42. The molecule has 1 amide bonds. The zero-order valence-corrected chi connectivity index (χ0v) is 18.0. The maximum Gasteiger partial charge on any atom is 0.410 e. The summed E-state index contributed by atoms with van der Waals surface area (Å²) in [5.74, 6) is 0.324. The highest BCUT2D eigenvalue weighted by Gasteiger charge is 2.47. The molecule has 0 aliphatic carbocycles. The number of likely N-dealkylation sites (tertiary alicyclic amines) is 1. The van der Waals surface area contributed by atoms with Crippen molar-refractivity contribution in [3.05, 3.63) is 41.3 Å². The Morgan fingerprint density at radius 3 is 2.77 bits per heavy atom. The Morgan fingerprint density at radius 2 is 2.10 bits per heavy atom. The topological polar surface area (TPSA) is 63.1 Å². The summed E-state index contributed by atoms with van der Waals surface area (Å²) >= 11 is 0. The summed E-state index contributed by atoms with van der Waals surface area (Å²) in [6.45, 7) is 6.76. The summed E-state index contributed by atoms with van der Waals surface area (Å²) in [7, 11) is 0. The number of hydrogen-bond donors (Lipinski definition) is 1. The van der Waals surface area contributed by atoms with E-state index in [4.69, 9.17) is 0 Å². The second kappa shape index (κ2) is 8.16. The van der Waals surface area contributed by atoms with Crippen LogP contribution in [0.1, 0.15) is 66.7 Å².